The second-order valence-electron chi connectivity index (χ2n) is 6.26. The van der Waals surface area contributed by atoms with Gasteiger partial charge in [-0.25, -0.2) is 0 Å². The number of amides is 1. The third kappa shape index (κ3) is 5.35. The zero-order valence-corrected chi connectivity index (χ0v) is 19.3. The molecule has 4 rings (SSSR count). The fourth-order valence-corrected chi connectivity index (χ4v) is 5.96. The van der Waals surface area contributed by atoms with E-state index in [0.29, 0.717) is 17.3 Å². The van der Waals surface area contributed by atoms with Gasteiger partial charge in [-0.05, 0) is 6.92 Å². The van der Waals surface area contributed by atoms with Crippen LogP contribution in [0.4, 0.5) is 5.13 Å². The van der Waals surface area contributed by atoms with Crippen LogP contribution < -0.4 is 31.3 Å². The molecule has 1 aromatic heterocycles. The van der Waals surface area contributed by atoms with Crippen LogP contribution in [0.1, 0.15) is 17.3 Å². The van der Waals surface area contributed by atoms with Crippen molar-refractivity contribution in [2.45, 2.75) is 6.92 Å². The first-order valence-corrected chi connectivity index (χ1v) is 12.4. The normalized spacial score (nSPS) is 11.0. The van der Waals surface area contributed by atoms with Crippen molar-refractivity contribution in [1.82, 2.24) is 4.98 Å². The molecule has 5 nitrogen and oxygen atoms in total. The molecule has 0 aliphatic rings. The first kappa shape index (κ1) is 20.8. The van der Waals surface area contributed by atoms with Crippen LogP contribution in [0.3, 0.4) is 0 Å². The van der Waals surface area contributed by atoms with Gasteiger partial charge in [-0.15, -0.1) is 0 Å². The first-order chi connectivity index (χ1) is 14.7. The predicted molar refractivity (Wildman–Crippen MR) is 115 cm³/mol. The van der Waals surface area contributed by atoms with Crippen molar-refractivity contribution in [3.05, 3.63) is 85.5 Å². The van der Waals surface area contributed by atoms with E-state index in [1.165, 1.54) is 18.5 Å². The summed E-state index contributed by atoms with van der Waals surface area (Å²) in [7, 11) is 0. The van der Waals surface area contributed by atoms with Crippen molar-refractivity contribution < 1.29 is 35.5 Å². The summed E-state index contributed by atoms with van der Waals surface area (Å²) in [6.45, 7) is 2.74. The van der Waals surface area contributed by atoms with E-state index in [1.54, 1.807) is 0 Å². The number of carbonyl (C=O) groups is 1. The Labute approximate surface area is 189 Å². The minimum atomic E-state index is -0.319. The van der Waals surface area contributed by atoms with Gasteiger partial charge in [0, 0.05) is 6.61 Å². The maximum absolute atomic E-state index is 12.8. The molecule has 0 bridgehead atoms. The van der Waals surface area contributed by atoms with E-state index in [2.05, 4.69) is 28.5 Å². The molecular weight excluding hydrogens is 511 g/mol. The Hall–Kier alpha value is -2.49. The number of carbonyl (C=O) groups excluding carboxylic acids is 1. The van der Waals surface area contributed by atoms with E-state index in [4.69, 9.17) is 9.47 Å². The molecule has 30 heavy (non-hydrogen) atoms. The summed E-state index contributed by atoms with van der Waals surface area (Å²) in [4.78, 5) is 17.3. The summed E-state index contributed by atoms with van der Waals surface area (Å²) in [5, 5.41) is 3.50. The Bertz CT molecular complexity index is 1150. The van der Waals surface area contributed by atoms with Crippen molar-refractivity contribution in [3.63, 3.8) is 0 Å². The van der Waals surface area contributed by atoms with Crippen LogP contribution in [-0.4, -0.2) is 24.3 Å². The number of fused-ring (bicyclic) bond motifs is 1. The Kier molecular flexibility index (Phi) is 6.93. The van der Waals surface area contributed by atoms with Gasteiger partial charge >= 0.3 is 172 Å². The zero-order chi connectivity index (χ0) is 20.8. The summed E-state index contributed by atoms with van der Waals surface area (Å²) >= 11 is 1.10. The maximum atomic E-state index is 12.8. The number of hydrogen-bond acceptors (Lipinski definition) is 5. The second-order valence-corrected chi connectivity index (χ2v) is 10.3. The fraction of sp³-hybridized carbons (Fsp3) is 0.130. The van der Waals surface area contributed by atoms with E-state index in [1.807, 2.05) is 61.5 Å². The van der Waals surface area contributed by atoms with Crippen molar-refractivity contribution in [2.24, 2.45) is 0 Å². The fourth-order valence-electron chi connectivity index (χ4n) is 2.70. The number of benzene rings is 3. The molecule has 0 aliphatic heterocycles. The Morgan fingerprint density at radius 1 is 1.03 bits per heavy atom. The summed E-state index contributed by atoms with van der Waals surface area (Å²) in [6, 6.07) is 23.8. The van der Waals surface area contributed by atoms with E-state index in [0.717, 1.165) is 16.0 Å². The predicted octanol–water partition coefficient (Wildman–Crippen LogP) is 2.05. The number of rotatable bonds is 8. The molecule has 0 saturated heterocycles. The van der Waals surface area contributed by atoms with Crippen molar-refractivity contribution in [3.8, 4) is 5.75 Å². The molecule has 0 saturated carbocycles. The third-order valence-corrected chi connectivity index (χ3v) is 7.70. The van der Waals surface area contributed by atoms with Crippen LogP contribution in [0.15, 0.2) is 72.8 Å². The molecule has 1 heterocycles. The van der Waals surface area contributed by atoms with Crippen molar-refractivity contribution >= 4 is 32.6 Å². The minimum absolute atomic E-state index is 0.152. The van der Waals surface area contributed by atoms with Gasteiger partial charge in [0.2, 0.25) is 0 Å². The summed E-state index contributed by atoms with van der Waals surface area (Å²) in [5.41, 5.74) is 1.46. The molecule has 154 valence electrons. The summed E-state index contributed by atoms with van der Waals surface area (Å²) in [6.07, 6.45) is 0. The Morgan fingerprint density at radius 3 is 2.70 bits per heavy atom. The molecule has 1 amide bonds. The van der Waals surface area contributed by atoms with Gasteiger partial charge < -0.3 is 4.74 Å². The van der Waals surface area contributed by atoms with E-state index >= 15 is 0 Å². The van der Waals surface area contributed by atoms with E-state index in [9.17, 15) is 4.79 Å². The Morgan fingerprint density at radius 2 is 1.87 bits per heavy atom. The third-order valence-electron chi connectivity index (χ3n) is 4.13. The molecule has 0 aliphatic carbocycles. The molecule has 0 spiro atoms. The van der Waals surface area contributed by atoms with Gasteiger partial charge in [0.25, 0.3) is 0 Å². The van der Waals surface area contributed by atoms with E-state index < -0.39 is 0 Å². The standard InChI is InChI=1S/C23H20IN2O3S/c1-2-28-15-29-19-11-12-20-21(14-19)30-23(25-20)26-22(27)16-7-6-10-18(13-16)24-17-8-4-3-5-9-17/h3-14H,2,15H2,1H3,(H,25,26,27)/q-1. The van der Waals surface area contributed by atoms with Gasteiger partial charge in [-0.1, -0.05) is 0 Å². The quantitative estimate of drug-likeness (QED) is 0.215. The van der Waals surface area contributed by atoms with Crippen LogP contribution in [-0.2, 0) is 4.74 Å². The molecule has 3 aromatic carbocycles. The zero-order valence-electron chi connectivity index (χ0n) is 16.3. The number of ether oxygens (including phenoxy) is 2. The van der Waals surface area contributed by atoms with Gasteiger partial charge in [0.15, 0.2) is 0 Å². The molecular formula is C23H20IN2O3S-. The van der Waals surface area contributed by atoms with Crippen LogP contribution in [0.25, 0.3) is 10.2 Å². The number of anilines is 1. The van der Waals surface area contributed by atoms with Crippen molar-refractivity contribution in [2.75, 3.05) is 18.7 Å². The summed E-state index contributed by atoms with van der Waals surface area (Å²) in [5.74, 6) is 0.566. The molecule has 0 atom stereocenters. The number of halogens is 1. The van der Waals surface area contributed by atoms with Crippen LogP contribution in [0, 0.1) is 7.14 Å². The van der Waals surface area contributed by atoms with Gasteiger partial charge in [0.1, 0.15) is 0 Å². The van der Waals surface area contributed by atoms with Crippen LogP contribution in [0.5, 0.6) is 5.75 Å². The molecule has 1 N–H and O–H groups in total. The number of thiazole rings is 1. The average Bonchev–Trinajstić information content (AvgIpc) is 3.16. The number of nitrogens with one attached hydrogen (secondary N) is 1. The number of aromatic nitrogens is 1. The molecule has 7 heteroatoms. The summed E-state index contributed by atoms with van der Waals surface area (Å²) < 4.78 is 14.2. The number of nitrogens with zero attached hydrogens (tertiary/aromatic N) is 1. The van der Waals surface area contributed by atoms with Gasteiger partial charge in [-0.3, -0.25) is 0 Å². The topological polar surface area (TPSA) is 60.5 Å². The molecule has 0 unspecified atom stereocenters. The van der Waals surface area contributed by atoms with Crippen LogP contribution >= 0.6 is 11.3 Å². The Balaban J connectivity index is 1.45. The van der Waals surface area contributed by atoms with Gasteiger partial charge in [0.05, 0.1) is 0 Å². The molecule has 0 radical (unpaired) electrons. The molecule has 0 fully saturated rings. The van der Waals surface area contributed by atoms with Crippen LogP contribution in [0.2, 0.25) is 0 Å². The SMILES string of the molecule is CCOCOc1ccc2nc(NC(=O)c3cccc([I-]c4ccccc4)c3)sc2c1. The molecule has 4 aromatic rings. The first-order valence-electron chi connectivity index (χ1n) is 9.43. The van der Waals surface area contributed by atoms with E-state index in [-0.39, 0.29) is 33.9 Å². The number of hydrogen-bond donors (Lipinski definition) is 1. The second kappa shape index (κ2) is 10.0. The van der Waals surface area contributed by atoms with Gasteiger partial charge in [-0.2, -0.15) is 0 Å². The monoisotopic (exact) mass is 531 g/mol. The average molecular weight is 531 g/mol. The van der Waals surface area contributed by atoms with Crippen molar-refractivity contribution in [1.29, 1.82) is 0 Å².